The van der Waals surface area contributed by atoms with Gasteiger partial charge < -0.3 is 10.1 Å². The summed E-state index contributed by atoms with van der Waals surface area (Å²) in [5, 5.41) is 12.2. The number of nitrogens with one attached hydrogen (secondary N) is 2. The minimum Gasteiger partial charge on any atom is -0.489 e. The Bertz CT molecular complexity index is 1500. The number of anilines is 1. The summed E-state index contributed by atoms with van der Waals surface area (Å²) in [5.74, 6) is 0.330. The third kappa shape index (κ3) is 4.17. The molecule has 0 aliphatic rings. The lowest BCUT2D eigenvalue weighted by Crippen LogP contribution is -2.13. The van der Waals surface area contributed by atoms with E-state index in [1.54, 1.807) is 24.3 Å². The molecule has 0 saturated heterocycles. The minimum absolute atomic E-state index is 0.0340. The summed E-state index contributed by atoms with van der Waals surface area (Å²) in [6.45, 7) is -0.253. The molecule has 0 spiro atoms. The normalized spacial score (nSPS) is 11.6. The largest absolute Gasteiger partial charge is 0.489 e. The number of halogens is 3. The van der Waals surface area contributed by atoms with E-state index in [0.29, 0.717) is 28.0 Å². The van der Waals surface area contributed by atoms with Crippen molar-refractivity contribution in [1.82, 2.24) is 10.2 Å². The van der Waals surface area contributed by atoms with E-state index in [4.69, 9.17) is 4.74 Å². The molecule has 1 aromatic heterocycles. The van der Waals surface area contributed by atoms with Crippen LogP contribution in [0, 0.1) is 0 Å². The van der Waals surface area contributed by atoms with E-state index >= 15 is 0 Å². The quantitative estimate of drug-likeness (QED) is 0.311. The first-order valence-corrected chi connectivity index (χ1v) is 10.5. The molecule has 0 atom stereocenters. The third-order valence-corrected chi connectivity index (χ3v) is 5.52. The molecule has 4 aromatic carbocycles. The van der Waals surface area contributed by atoms with E-state index < -0.39 is 11.7 Å². The molecule has 5 aromatic rings. The second-order valence-electron chi connectivity index (χ2n) is 7.70. The number of ether oxygens (including phenoxy) is 1. The fourth-order valence-electron chi connectivity index (χ4n) is 3.86. The van der Waals surface area contributed by atoms with Gasteiger partial charge in [-0.2, -0.15) is 18.3 Å². The Morgan fingerprint density at radius 1 is 0.912 bits per heavy atom. The minimum atomic E-state index is -4.46. The first-order valence-electron chi connectivity index (χ1n) is 10.5. The number of carbonyl (C=O) groups excluding carboxylic acids is 1. The SMILES string of the molecule is O=C(Nc1n[nH]c2ccc(OCc3ccccc3C(F)(F)F)cc12)c1cccc2ccccc12. The zero-order valence-corrected chi connectivity index (χ0v) is 17.7. The van der Waals surface area contributed by atoms with E-state index in [0.717, 1.165) is 16.8 Å². The van der Waals surface area contributed by atoms with Crippen molar-refractivity contribution in [2.45, 2.75) is 12.8 Å². The van der Waals surface area contributed by atoms with Gasteiger partial charge in [-0.15, -0.1) is 0 Å². The van der Waals surface area contributed by atoms with Gasteiger partial charge in [0.25, 0.3) is 5.91 Å². The van der Waals surface area contributed by atoms with Gasteiger partial charge in [-0.3, -0.25) is 9.89 Å². The fraction of sp³-hybridized carbons (Fsp3) is 0.0769. The van der Waals surface area contributed by atoms with Crippen molar-refractivity contribution in [3.05, 3.63) is 102 Å². The van der Waals surface area contributed by atoms with Gasteiger partial charge in [0.15, 0.2) is 5.82 Å². The topological polar surface area (TPSA) is 67.0 Å². The molecule has 8 heteroatoms. The molecule has 0 aliphatic carbocycles. The van der Waals surface area contributed by atoms with E-state index in [-0.39, 0.29) is 18.1 Å². The zero-order chi connectivity index (χ0) is 23.7. The van der Waals surface area contributed by atoms with Crippen LogP contribution < -0.4 is 10.1 Å². The van der Waals surface area contributed by atoms with Crippen LogP contribution in [0.5, 0.6) is 5.75 Å². The molecule has 5 nitrogen and oxygen atoms in total. The molecule has 0 saturated carbocycles. The average Bonchev–Trinajstić information content (AvgIpc) is 3.23. The van der Waals surface area contributed by atoms with Crippen molar-refractivity contribution < 1.29 is 22.7 Å². The van der Waals surface area contributed by atoms with Crippen molar-refractivity contribution >= 4 is 33.4 Å². The first-order chi connectivity index (χ1) is 16.4. The molecule has 1 heterocycles. The van der Waals surface area contributed by atoms with E-state index in [1.807, 2.05) is 36.4 Å². The maximum Gasteiger partial charge on any atom is 0.416 e. The number of amides is 1. The molecule has 1 amide bonds. The summed E-state index contributed by atoms with van der Waals surface area (Å²) in [6.07, 6.45) is -4.46. The lowest BCUT2D eigenvalue weighted by molar-refractivity contribution is -0.138. The number of alkyl halides is 3. The summed E-state index contributed by atoms with van der Waals surface area (Å²) in [6, 6.07) is 23.3. The van der Waals surface area contributed by atoms with Gasteiger partial charge in [-0.25, -0.2) is 0 Å². The highest BCUT2D eigenvalue weighted by Gasteiger charge is 2.33. The standard InChI is InChI=1S/C26H18F3N3O2/c27-26(28,29)22-11-4-2-7-17(22)15-34-18-12-13-23-21(14-18)24(32-31-23)30-25(33)20-10-5-8-16-6-1-3-9-19(16)20/h1-14H,15H2,(H2,30,31,32,33). The predicted octanol–water partition coefficient (Wildman–Crippen LogP) is 6.57. The van der Waals surface area contributed by atoms with Crippen molar-refractivity contribution in [3.63, 3.8) is 0 Å². The highest BCUT2D eigenvalue weighted by atomic mass is 19.4. The molecule has 2 N–H and O–H groups in total. The van der Waals surface area contributed by atoms with Crippen LogP contribution in [0.15, 0.2) is 84.9 Å². The Hall–Kier alpha value is -4.33. The number of hydrogen-bond acceptors (Lipinski definition) is 3. The van der Waals surface area contributed by atoms with Crippen LogP contribution in [0.3, 0.4) is 0 Å². The average molecular weight is 461 g/mol. The Morgan fingerprint density at radius 2 is 1.68 bits per heavy atom. The third-order valence-electron chi connectivity index (χ3n) is 5.52. The number of rotatable bonds is 5. The van der Waals surface area contributed by atoms with Crippen LogP contribution in [0.1, 0.15) is 21.5 Å². The predicted molar refractivity (Wildman–Crippen MR) is 124 cm³/mol. The number of hydrogen-bond donors (Lipinski definition) is 2. The smallest absolute Gasteiger partial charge is 0.416 e. The summed E-state index contributed by atoms with van der Waals surface area (Å²) < 4.78 is 45.4. The number of aromatic amines is 1. The van der Waals surface area contributed by atoms with Crippen LogP contribution >= 0.6 is 0 Å². The van der Waals surface area contributed by atoms with Crippen molar-refractivity contribution in [3.8, 4) is 5.75 Å². The second kappa shape index (κ2) is 8.55. The van der Waals surface area contributed by atoms with Gasteiger partial charge in [0.05, 0.1) is 11.1 Å². The Morgan fingerprint density at radius 3 is 2.53 bits per heavy atom. The number of carbonyl (C=O) groups is 1. The number of nitrogens with zero attached hydrogens (tertiary/aromatic N) is 1. The first kappa shape index (κ1) is 21.5. The van der Waals surface area contributed by atoms with Crippen LogP contribution in [-0.4, -0.2) is 16.1 Å². The van der Waals surface area contributed by atoms with Gasteiger partial charge in [-0.1, -0.05) is 54.6 Å². The fourth-order valence-corrected chi connectivity index (χ4v) is 3.86. The number of benzene rings is 4. The number of H-pyrrole nitrogens is 1. The van der Waals surface area contributed by atoms with Gasteiger partial charge >= 0.3 is 6.18 Å². The van der Waals surface area contributed by atoms with Gasteiger partial charge in [-0.05, 0) is 41.1 Å². The van der Waals surface area contributed by atoms with Gasteiger partial charge in [0.2, 0.25) is 0 Å². The van der Waals surface area contributed by atoms with Crippen LogP contribution in [0.4, 0.5) is 19.0 Å². The number of fused-ring (bicyclic) bond motifs is 2. The summed E-state index contributed by atoms with van der Waals surface area (Å²) in [5.41, 5.74) is 0.455. The summed E-state index contributed by atoms with van der Waals surface area (Å²) in [4.78, 5) is 13.0. The molecular formula is C26H18F3N3O2. The van der Waals surface area contributed by atoms with Crippen LogP contribution in [0.25, 0.3) is 21.7 Å². The van der Waals surface area contributed by atoms with Gasteiger partial charge in [0, 0.05) is 16.5 Å². The number of aromatic nitrogens is 2. The lowest BCUT2D eigenvalue weighted by atomic mass is 10.0. The van der Waals surface area contributed by atoms with E-state index in [9.17, 15) is 18.0 Å². The maximum atomic E-state index is 13.2. The molecule has 0 radical (unpaired) electrons. The van der Waals surface area contributed by atoms with Crippen molar-refractivity contribution in [2.24, 2.45) is 0 Å². The molecule has 34 heavy (non-hydrogen) atoms. The van der Waals surface area contributed by atoms with Crippen LogP contribution in [0.2, 0.25) is 0 Å². The maximum absolute atomic E-state index is 13.2. The monoisotopic (exact) mass is 461 g/mol. The highest BCUT2D eigenvalue weighted by molar-refractivity contribution is 6.14. The van der Waals surface area contributed by atoms with Crippen molar-refractivity contribution in [2.75, 3.05) is 5.32 Å². The molecule has 170 valence electrons. The molecular weight excluding hydrogens is 443 g/mol. The molecule has 0 aliphatic heterocycles. The summed E-state index contributed by atoms with van der Waals surface area (Å²) in [7, 11) is 0. The Labute approximate surface area is 192 Å². The van der Waals surface area contributed by atoms with E-state index in [1.165, 1.54) is 18.2 Å². The molecule has 0 unspecified atom stereocenters. The summed E-state index contributed by atoms with van der Waals surface area (Å²) >= 11 is 0. The molecule has 5 rings (SSSR count). The van der Waals surface area contributed by atoms with Crippen molar-refractivity contribution in [1.29, 1.82) is 0 Å². The highest BCUT2D eigenvalue weighted by Crippen LogP contribution is 2.33. The van der Waals surface area contributed by atoms with Gasteiger partial charge in [0.1, 0.15) is 12.4 Å². The molecule has 0 fully saturated rings. The lowest BCUT2D eigenvalue weighted by Gasteiger charge is -2.13. The molecule has 0 bridgehead atoms. The second-order valence-corrected chi connectivity index (χ2v) is 7.70. The zero-order valence-electron chi connectivity index (χ0n) is 17.7. The Balaban J connectivity index is 1.39. The van der Waals surface area contributed by atoms with Crippen LogP contribution in [-0.2, 0) is 12.8 Å². The van der Waals surface area contributed by atoms with E-state index in [2.05, 4.69) is 15.5 Å². The Kier molecular flexibility index (Phi) is 5.41.